The molecule has 3 N–H and O–H groups in total. The normalized spacial score (nSPS) is 17.3. The summed E-state index contributed by atoms with van der Waals surface area (Å²) in [6.07, 6.45) is 7.46. The molecule has 8 rings (SSSR count). The fourth-order valence-corrected chi connectivity index (χ4v) is 10.6. The maximum Gasteiger partial charge on any atom is 0.376 e. The Kier molecular flexibility index (Phi) is 16.2. The molecule has 0 radical (unpaired) electrons. The van der Waals surface area contributed by atoms with Crippen molar-refractivity contribution in [1.82, 2.24) is 19.6 Å². The topological polar surface area (TPSA) is 156 Å². The SMILES string of the molecule is CB(O)N1CCCC(CN(c2ccccc2)S(=O)(=O)c2cccc3cccnc23)C1.CB(O)N1CCCC(CNc2ccccc2)C1.O=S(=O)(Cl)c1cccc2cccnc12. The van der Waals surface area contributed by atoms with Crippen molar-refractivity contribution in [2.75, 3.05) is 48.9 Å². The molecule has 17 heteroatoms. The van der Waals surface area contributed by atoms with E-state index in [1.54, 1.807) is 55.5 Å². The molecule has 6 aromatic rings. The van der Waals surface area contributed by atoms with Gasteiger partial charge in [-0.25, -0.2) is 16.8 Å². The second-order valence-corrected chi connectivity index (χ2v) is 19.9. The van der Waals surface area contributed by atoms with Crippen molar-refractivity contribution in [3.8, 4) is 0 Å². The van der Waals surface area contributed by atoms with Crippen molar-refractivity contribution in [3.05, 3.63) is 134 Å². The zero-order valence-electron chi connectivity index (χ0n) is 34.5. The summed E-state index contributed by atoms with van der Waals surface area (Å²) in [5, 5.41) is 24.6. The van der Waals surface area contributed by atoms with Crippen LogP contribution in [-0.2, 0) is 19.1 Å². The van der Waals surface area contributed by atoms with Crippen molar-refractivity contribution >= 4 is 77.0 Å². The molecule has 0 spiro atoms. The minimum Gasteiger partial charge on any atom is -0.437 e. The van der Waals surface area contributed by atoms with Crippen molar-refractivity contribution in [1.29, 1.82) is 0 Å². The van der Waals surface area contributed by atoms with Crippen LogP contribution in [-0.4, -0.2) is 99.8 Å². The number of benzene rings is 4. The van der Waals surface area contributed by atoms with Crippen molar-refractivity contribution < 1.29 is 26.9 Å². The van der Waals surface area contributed by atoms with E-state index in [-0.39, 0.29) is 22.8 Å². The average Bonchev–Trinajstić information content (AvgIpc) is 3.28. The highest BCUT2D eigenvalue weighted by Gasteiger charge is 2.33. The average molecular weight is 883 g/mol. The molecule has 2 saturated heterocycles. The molecule has 2 aliphatic heterocycles. The first-order valence-corrected chi connectivity index (χ1v) is 24.4. The molecule has 61 heavy (non-hydrogen) atoms. The van der Waals surface area contributed by atoms with Gasteiger partial charge in [0.15, 0.2) is 0 Å². The Morgan fingerprint density at radius 1 is 0.672 bits per heavy atom. The lowest BCUT2D eigenvalue weighted by atomic mass is 9.80. The number of fused-ring (bicyclic) bond motifs is 2. The van der Waals surface area contributed by atoms with Crippen molar-refractivity contribution in [2.45, 2.75) is 49.1 Å². The highest BCUT2D eigenvalue weighted by atomic mass is 35.7. The molecule has 4 heterocycles. The van der Waals surface area contributed by atoms with Crippen LogP contribution >= 0.6 is 10.7 Å². The van der Waals surface area contributed by atoms with Crippen LogP contribution in [0.4, 0.5) is 11.4 Å². The predicted octanol–water partition coefficient (Wildman–Crippen LogP) is 7.34. The third-order valence-electron chi connectivity index (χ3n) is 11.0. The van der Waals surface area contributed by atoms with E-state index in [4.69, 9.17) is 10.7 Å². The van der Waals surface area contributed by atoms with E-state index in [1.807, 2.05) is 72.3 Å². The summed E-state index contributed by atoms with van der Waals surface area (Å²) in [6.45, 7) is 8.50. The Balaban J connectivity index is 0.000000169. The van der Waals surface area contributed by atoms with E-state index in [0.29, 0.717) is 35.7 Å². The van der Waals surface area contributed by atoms with Crippen LogP contribution in [0, 0.1) is 11.8 Å². The van der Waals surface area contributed by atoms with Crippen LogP contribution in [0.1, 0.15) is 25.7 Å². The fourth-order valence-electron chi connectivity index (χ4n) is 7.85. The van der Waals surface area contributed by atoms with E-state index in [1.165, 1.54) is 35.1 Å². The molecular formula is C44H53B2ClN6O6S2. The van der Waals surface area contributed by atoms with E-state index >= 15 is 0 Å². The molecule has 2 aromatic heterocycles. The standard InChI is InChI=1S/C22H26BN3O3S.C13H21BN2O.C9H6ClNO2S/c1-23(27)25-15-7-8-18(16-25)17-26(20-11-3-2-4-12-20)30(28,29)21-13-5-9-19-10-6-14-24-22(19)21;1-14(17)16-9-5-6-12(11-16)10-15-13-7-3-2-4-8-13;10-14(12,13)8-5-1-3-7-4-2-6-11-9(7)8/h2-6,9-14,18,27H,7-8,15-17H2,1H3;2-4,7-8,12,15,17H,5-6,9-11H2,1H3;1-6H. The molecule has 2 unspecified atom stereocenters. The number of sulfonamides is 1. The Morgan fingerprint density at radius 3 is 1.72 bits per heavy atom. The van der Waals surface area contributed by atoms with Crippen molar-refractivity contribution in [2.24, 2.45) is 11.8 Å². The molecule has 2 aliphatic rings. The molecule has 2 atom stereocenters. The summed E-state index contributed by atoms with van der Waals surface area (Å²) in [5.74, 6) is 0.768. The van der Waals surface area contributed by atoms with Gasteiger partial charge in [0.25, 0.3) is 19.1 Å². The third-order valence-corrected chi connectivity index (χ3v) is 14.2. The van der Waals surface area contributed by atoms with Gasteiger partial charge in [-0.15, -0.1) is 0 Å². The molecule has 0 saturated carbocycles. The first-order chi connectivity index (χ1) is 29.3. The second kappa shape index (κ2) is 21.5. The van der Waals surface area contributed by atoms with E-state index < -0.39 is 26.1 Å². The predicted molar refractivity (Wildman–Crippen MR) is 249 cm³/mol. The molecule has 0 bridgehead atoms. The molecule has 0 amide bonds. The smallest absolute Gasteiger partial charge is 0.376 e. The van der Waals surface area contributed by atoms with Gasteiger partial charge in [-0.05, 0) is 126 Å². The Labute approximate surface area is 365 Å². The number of hydrogen-bond donors (Lipinski definition) is 3. The van der Waals surface area contributed by atoms with Gasteiger partial charge in [-0.2, -0.15) is 0 Å². The van der Waals surface area contributed by atoms with Gasteiger partial charge < -0.3 is 25.0 Å². The van der Waals surface area contributed by atoms with E-state index in [2.05, 4.69) is 32.2 Å². The third kappa shape index (κ3) is 12.5. The number of aromatic nitrogens is 2. The van der Waals surface area contributed by atoms with Crippen LogP contribution < -0.4 is 9.62 Å². The van der Waals surface area contributed by atoms with Crippen LogP contribution in [0.3, 0.4) is 0 Å². The highest BCUT2D eigenvalue weighted by molar-refractivity contribution is 8.14. The van der Waals surface area contributed by atoms with Gasteiger partial charge >= 0.3 is 14.1 Å². The summed E-state index contributed by atoms with van der Waals surface area (Å²) in [7, 11) is -3.12. The van der Waals surface area contributed by atoms with Gasteiger partial charge in [0.1, 0.15) is 9.79 Å². The first kappa shape index (κ1) is 46.0. The summed E-state index contributed by atoms with van der Waals surface area (Å²) in [4.78, 5) is 12.8. The minimum atomic E-state index is -3.83. The minimum absolute atomic E-state index is 0.0530. The summed E-state index contributed by atoms with van der Waals surface area (Å²) < 4.78 is 51.6. The lowest BCUT2D eigenvalue weighted by Gasteiger charge is -2.36. The summed E-state index contributed by atoms with van der Waals surface area (Å²) in [5.41, 5.74) is 2.71. The van der Waals surface area contributed by atoms with Gasteiger partial charge in [0.05, 0.1) is 16.7 Å². The molecule has 4 aromatic carbocycles. The maximum absolute atomic E-state index is 13.9. The molecule has 320 valence electrons. The number of pyridine rings is 2. The van der Waals surface area contributed by atoms with Gasteiger partial charge in [0, 0.05) is 52.6 Å². The number of rotatable bonds is 11. The monoisotopic (exact) mass is 882 g/mol. The molecular weight excluding hydrogens is 830 g/mol. The first-order valence-electron chi connectivity index (χ1n) is 20.6. The molecule has 0 aliphatic carbocycles. The summed E-state index contributed by atoms with van der Waals surface area (Å²) >= 11 is 0. The highest BCUT2D eigenvalue weighted by Crippen LogP contribution is 2.31. The zero-order valence-corrected chi connectivity index (χ0v) is 36.9. The number of para-hydroxylation sites is 4. The summed E-state index contributed by atoms with van der Waals surface area (Å²) in [6, 6.07) is 36.9. The lowest BCUT2D eigenvalue weighted by Crippen LogP contribution is -2.47. The number of piperidine rings is 2. The zero-order chi connectivity index (χ0) is 43.4. The number of halogens is 1. The van der Waals surface area contributed by atoms with Crippen LogP contribution in [0.25, 0.3) is 21.8 Å². The molecule has 2 fully saturated rings. The van der Waals surface area contributed by atoms with Crippen LogP contribution in [0.5, 0.6) is 0 Å². The van der Waals surface area contributed by atoms with Crippen LogP contribution in [0.15, 0.2) is 144 Å². The van der Waals surface area contributed by atoms with Gasteiger partial charge in [0.2, 0.25) is 0 Å². The number of nitrogens with zero attached hydrogens (tertiary/aromatic N) is 5. The molecule has 12 nitrogen and oxygen atoms in total. The quantitative estimate of drug-likeness (QED) is 0.0885. The number of hydrogen-bond acceptors (Lipinski definition) is 11. The number of nitrogens with one attached hydrogen (secondary N) is 1. The van der Waals surface area contributed by atoms with Crippen molar-refractivity contribution in [3.63, 3.8) is 0 Å². The Morgan fingerprint density at radius 2 is 1.16 bits per heavy atom. The maximum atomic E-state index is 13.9. The fraction of sp³-hybridized carbons (Fsp3) is 0.318. The second-order valence-electron chi connectivity index (χ2n) is 15.5. The largest absolute Gasteiger partial charge is 0.437 e. The van der Waals surface area contributed by atoms with E-state index in [0.717, 1.165) is 49.8 Å². The Bertz CT molecular complexity index is 2540. The number of anilines is 2. The van der Waals surface area contributed by atoms with Gasteiger partial charge in [-0.3, -0.25) is 14.3 Å². The Hall–Kier alpha value is -4.54. The lowest BCUT2D eigenvalue weighted by molar-refractivity contribution is 0.247. The van der Waals surface area contributed by atoms with Crippen LogP contribution in [0.2, 0.25) is 13.6 Å². The van der Waals surface area contributed by atoms with Gasteiger partial charge in [-0.1, -0.05) is 72.8 Å². The van der Waals surface area contributed by atoms with E-state index in [9.17, 15) is 26.9 Å².